The Labute approximate surface area is 77.8 Å². The third-order valence-corrected chi connectivity index (χ3v) is 1.61. The molecule has 1 N–H and O–H groups in total. The molecule has 13 heavy (non-hydrogen) atoms. The number of methoxy groups -OCH3 is 1. The van der Waals surface area contributed by atoms with Crippen LogP contribution in [0, 0.1) is 0 Å². The number of nitrogens with zero attached hydrogens (tertiary/aromatic N) is 1. The van der Waals surface area contributed by atoms with Gasteiger partial charge in [0.15, 0.2) is 0 Å². The maximum absolute atomic E-state index is 5.12. The standard InChI is InChI=1S/C10H12N2O/c1-4-12-8(2)9-5-6-11-7-10(9)13-3/h4-7,12H,1-2H2,3H3. The molecule has 0 amide bonds. The maximum Gasteiger partial charge on any atom is 0.146 e. The molecule has 1 aromatic heterocycles. The average Bonchev–Trinajstić information content (AvgIpc) is 2.18. The Balaban J connectivity index is 2.98. The summed E-state index contributed by atoms with van der Waals surface area (Å²) in [6, 6.07) is 1.83. The molecule has 0 aliphatic rings. The molecule has 0 aliphatic heterocycles. The van der Waals surface area contributed by atoms with Crippen molar-refractivity contribution in [1.82, 2.24) is 10.3 Å². The zero-order valence-electron chi connectivity index (χ0n) is 7.58. The molecule has 0 saturated carbocycles. The lowest BCUT2D eigenvalue weighted by Gasteiger charge is -2.09. The van der Waals surface area contributed by atoms with E-state index in [0.717, 1.165) is 11.3 Å². The summed E-state index contributed by atoms with van der Waals surface area (Å²) >= 11 is 0. The van der Waals surface area contributed by atoms with Crippen LogP contribution in [0.15, 0.2) is 37.8 Å². The first kappa shape index (κ1) is 9.32. The first-order chi connectivity index (χ1) is 6.29. The van der Waals surface area contributed by atoms with Gasteiger partial charge in [-0.15, -0.1) is 0 Å². The largest absolute Gasteiger partial charge is 0.494 e. The number of hydrogen-bond donors (Lipinski definition) is 1. The van der Waals surface area contributed by atoms with Gasteiger partial charge in [0.1, 0.15) is 5.75 Å². The van der Waals surface area contributed by atoms with Gasteiger partial charge in [-0.1, -0.05) is 13.2 Å². The van der Waals surface area contributed by atoms with Crippen molar-refractivity contribution in [2.45, 2.75) is 0 Å². The van der Waals surface area contributed by atoms with E-state index in [4.69, 9.17) is 4.74 Å². The Morgan fingerprint density at radius 3 is 3.08 bits per heavy atom. The van der Waals surface area contributed by atoms with Crippen LogP contribution in [0.1, 0.15) is 5.56 Å². The van der Waals surface area contributed by atoms with Crippen LogP contribution in [0.3, 0.4) is 0 Å². The van der Waals surface area contributed by atoms with Gasteiger partial charge in [-0.25, -0.2) is 0 Å². The predicted octanol–water partition coefficient (Wildman–Crippen LogP) is 1.79. The van der Waals surface area contributed by atoms with Crippen molar-refractivity contribution in [3.63, 3.8) is 0 Å². The van der Waals surface area contributed by atoms with Gasteiger partial charge in [0.05, 0.1) is 13.3 Å². The Kier molecular flexibility index (Phi) is 3.09. The van der Waals surface area contributed by atoms with Crippen molar-refractivity contribution in [2.24, 2.45) is 0 Å². The molecular formula is C10H12N2O. The van der Waals surface area contributed by atoms with E-state index in [1.165, 1.54) is 0 Å². The molecule has 0 radical (unpaired) electrons. The molecule has 68 valence electrons. The van der Waals surface area contributed by atoms with E-state index in [0.29, 0.717) is 5.75 Å². The van der Waals surface area contributed by atoms with E-state index in [1.807, 2.05) is 6.07 Å². The maximum atomic E-state index is 5.12. The summed E-state index contributed by atoms with van der Waals surface area (Å²) in [5.74, 6) is 0.696. The first-order valence-electron chi connectivity index (χ1n) is 3.84. The Morgan fingerprint density at radius 1 is 1.69 bits per heavy atom. The normalized spacial score (nSPS) is 9.00. The molecular weight excluding hydrogens is 164 g/mol. The summed E-state index contributed by atoms with van der Waals surface area (Å²) in [7, 11) is 1.60. The number of nitrogens with one attached hydrogen (secondary N) is 1. The monoisotopic (exact) mass is 176 g/mol. The van der Waals surface area contributed by atoms with Crippen LogP contribution in [-0.2, 0) is 0 Å². The fourth-order valence-electron chi connectivity index (χ4n) is 0.993. The molecule has 1 rings (SSSR count). The Morgan fingerprint density at radius 2 is 2.46 bits per heavy atom. The predicted molar refractivity (Wildman–Crippen MR) is 53.2 cm³/mol. The molecule has 0 aromatic carbocycles. The summed E-state index contributed by atoms with van der Waals surface area (Å²) in [5, 5.41) is 2.90. The first-order valence-corrected chi connectivity index (χ1v) is 3.84. The highest BCUT2D eigenvalue weighted by molar-refractivity contribution is 5.67. The van der Waals surface area contributed by atoms with Crippen molar-refractivity contribution in [1.29, 1.82) is 0 Å². The van der Waals surface area contributed by atoms with Gasteiger partial charge in [-0.2, -0.15) is 0 Å². The van der Waals surface area contributed by atoms with Crippen LogP contribution in [-0.4, -0.2) is 12.1 Å². The highest BCUT2D eigenvalue weighted by Gasteiger charge is 2.03. The van der Waals surface area contributed by atoms with E-state index >= 15 is 0 Å². The van der Waals surface area contributed by atoms with Gasteiger partial charge in [0.25, 0.3) is 0 Å². The lowest BCUT2D eigenvalue weighted by molar-refractivity contribution is 0.411. The van der Waals surface area contributed by atoms with Gasteiger partial charge < -0.3 is 10.1 Å². The minimum Gasteiger partial charge on any atom is -0.494 e. The number of pyridine rings is 1. The Hall–Kier alpha value is -1.77. The molecule has 3 nitrogen and oxygen atoms in total. The van der Waals surface area contributed by atoms with Crippen molar-refractivity contribution >= 4 is 5.70 Å². The van der Waals surface area contributed by atoms with Gasteiger partial charge in [-0.05, 0) is 12.3 Å². The summed E-state index contributed by atoms with van der Waals surface area (Å²) in [4.78, 5) is 3.94. The lowest BCUT2D eigenvalue weighted by Crippen LogP contribution is -2.03. The highest BCUT2D eigenvalue weighted by atomic mass is 16.5. The van der Waals surface area contributed by atoms with E-state index in [2.05, 4.69) is 23.5 Å². The van der Waals surface area contributed by atoms with E-state index in [9.17, 15) is 0 Å². The second-order valence-corrected chi connectivity index (χ2v) is 2.40. The van der Waals surface area contributed by atoms with Gasteiger partial charge >= 0.3 is 0 Å². The number of hydrogen-bond acceptors (Lipinski definition) is 3. The third-order valence-electron chi connectivity index (χ3n) is 1.61. The zero-order chi connectivity index (χ0) is 9.68. The van der Waals surface area contributed by atoms with Crippen LogP contribution in [0.25, 0.3) is 5.70 Å². The zero-order valence-corrected chi connectivity index (χ0v) is 7.58. The fraction of sp³-hybridized carbons (Fsp3) is 0.100. The number of rotatable bonds is 4. The van der Waals surface area contributed by atoms with E-state index in [-0.39, 0.29) is 0 Å². The van der Waals surface area contributed by atoms with Gasteiger partial charge in [-0.3, -0.25) is 4.98 Å². The summed E-state index contributed by atoms with van der Waals surface area (Å²) in [5.41, 5.74) is 1.63. The molecule has 0 fully saturated rings. The number of ether oxygens (including phenoxy) is 1. The summed E-state index contributed by atoms with van der Waals surface area (Å²) < 4.78 is 5.12. The molecule has 0 atom stereocenters. The van der Waals surface area contributed by atoms with Crippen molar-refractivity contribution < 1.29 is 4.74 Å². The molecule has 0 aliphatic carbocycles. The molecule has 1 heterocycles. The van der Waals surface area contributed by atoms with Crippen molar-refractivity contribution in [2.75, 3.05) is 7.11 Å². The molecule has 0 saturated heterocycles. The second-order valence-electron chi connectivity index (χ2n) is 2.40. The summed E-state index contributed by atoms with van der Waals surface area (Å²) in [6.45, 7) is 7.39. The molecule has 0 unspecified atom stereocenters. The van der Waals surface area contributed by atoms with Crippen LogP contribution < -0.4 is 10.1 Å². The van der Waals surface area contributed by atoms with Crippen LogP contribution in [0.2, 0.25) is 0 Å². The molecule has 0 bridgehead atoms. The van der Waals surface area contributed by atoms with Gasteiger partial charge in [0, 0.05) is 17.5 Å². The SMILES string of the molecule is C=CNC(=C)c1ccncc1OC. The van der Waals surface area contributed by atoms with E-state index < -0.39 is 0 Å². The summed E-state index contributed by atoms with van der Waals surface area (Å²) in [6.07, 6.45) is 4.90. The van der Waals surface area contributed by atoms with Crippen LogP contribution in [0.4, 0.5) is 0 Å². The van der Waals surface area contributed by atoms with Crippen molar-refractivity contribution in [3.8, 4) is 5.75 Å². The lowest BCUT2D eigenvalue weighted by atomic mass is 10.2. The molecule has 3 heteroatoms. The number of aromatic nitrogens is 1. The highest BCUT2D eigenvalue weighted by Crippen LogP contribution is 2.21. The average molecular weight is 176 g/mol. The smallest absolute Gasteiger partial charge is 0.146 e. The Bertz CT molecular complexity index is 320. The minimum absolute atomic E-state index is 0.696. The van der Waals surface area contributed by atoms with Crippen LogP contribution >= 0.6 is 0 Å². The van der Waals surface area contributed by atoms with Gasteiger partial charge in [0.2, 0.25) is 0 Å². The van der Waals surface area contributed by atoms with Crippen molar-refractivity contribution in [3.05, 3.63) is 43.4 Å². The second kappa shape index (κ2) is 4.30. The van der Waals surface area contributed by atoms with Crippen LogP contribution in [0.5, 0.6) is 5.75 Å². The molecule has 1 aromatic rings. The van der Waals surface area contributed by atoms with E-state index in [1.54, 1.807) is 25.7 Å². The third kappa shape index (κ3) is 2.08. The molecule has 0 spiro atoms. The minimum atomic E-state index is 0.696. The topological polar surface area (TPSA) is 34.2 Å². The quantitative estimate of drug-likeness (QED) is 0.759. The fourth-order valence-corrected chi connectivity index (χ4v) is 0.993.